The van der Waals surface area contributed by atoms with Crippen molar-refractivity contribution in [2.24, 2.45) is 5.92 Å². The molecule has 0 radical (unpaired) electrons. The summed E-state index contributed by atoms with van der Waals surface area (Å²) in [6.45, 7) is 4.24. The topological polar surface area (TPSA) is 36.4 Å². The lowest BCUT2D eigenvalue weighted by molar-refractivity contribution is -0.103. The van der Waals surface area contributed by atoms with E-state index in [0.717, 1.165) is 38.0 Å². The SMILES string of the molecule is CCC(c1nc(CCl)cs1)N1CCC2(O)CCCCC2C1. The van der Waals surface area contributed by atoms with Crippen LogP contribution in [0.5, 0.6) is 0 Å². The van der Waals surface area contributed by atoms with Gasteiger partial charge in [0.2, 0.25) is 0 Å². The van der Waals surface area contributed by atoms with Crippen molar-refractivity contribution in [1.29, 1.82) is 0 Å². The van der Waals surface area contributed by atoms with Gasteiger partial charge in [-0.2, -0.15) is 0 Å². The number of nitrogens with zero attached hydrogens (tertiary/aromatic N) is 2. The summed E-state index contributed by atoms with van der Waals surface area (Å²) in [5.74, 6) is 0.941. The second kappa shape index (κ2) is 6.53. The molecule has 3 nitrogen and oxygen atoms in total. The fourth-order valence-electron chi connectivity index (χ4n) is 4.01. The quantitative estimate of drug-likeness (QED) is 0.850. The molecule has 1 saturated heterocycles. The average Bonchev–Trinajstić information content (AvgIpc) is 2.97. The summed E-state index contributed by atoms with van der Waals surface area (Å²) in [5, 5.41) is 14.1. The molecule has 21 heavy (non-hydrogen) atoms. The van der Waals surface area contributed by atoms with E-state index in [2.05, 4.69) is 22.2 Å². The largest absolute Gasteiger partial charge is 0.390 e. The molecule has 3 atom stereocenters. The zero-order valence-electron chi connectivity index (χ0n) is 12.7. The predicted molar refractivity (Wildman–Crippen MR) is 87.8 cm³/mol. The lowest BCUT2D eigenvalue weighted by Crippen LogP contribution is -2.53. The summed E-state index contributed by atoms with van der Waals surface area (Å²) >= 11 is 7.61. The Morgan fingerprint density at radius 3 is 3.10 bits per heavy atom. The summed E-state index contributed by atoms with van der Waals surface area (Å²) in [6, 6.07) is 0.387. The minimum absolute atomic E-state index is 0.387. The third-order valence-corrected chi connectivity index (χ3v) is 6.55. The first kappa shape index (κ1) is 15.7. The van der Waals surface area contributed by atoms with Crippen LogP contribution in [0.1, 0.15) is 62.2 Å². The first-order valence-corrected chi connectivity index (χ1v) is 9.54. The van der Waals surface area contributed by atoms with Gasteiger partial charge in [0.25, 0.3) is 0 Å². The first-order valence-electron chi connectivity index (χ1n) is 8.13. The molecule has 3 unspecified atom stereocenters. The number of piperidine rings is 1. The molecule has 1 aliphatic heterocycles. The highest BCUT2D eigenvalue weighted by molar-refractivity contribution is 7.09. The molecule has 2 heterocycles. The molecule has 1 aromatic rings. The molecule has 3 rings (SSSR count). The number of thiazole rings is 1. The zero-order valence-corrected chi connectivity index (χ0v) is 14.3. The Morgan fingerprint density at radius 1 is 1.52 bits per heavy atom. The maximum atomic E-state index is 10.8. The number of hydrogen-bond acceptors (Lipinski definition) is 4. The van der Waals surface area contributed by atoms with Gasteiger partial charge in [-0.1, -0.05) is 19.8 Å². The van der Waals surface area contributed by atoms with Crippen LogP contribution in [0, 0.1) is 5.92 Å². The molecule has 0 bridgehead atoms. The van der Waals surface area contributed by atoms with Crippen LogP contribution in [0.2, 0.25) is 0 Å². The van der Waals surface area contributed by atoms with Gasteiger partial charge >= 0.3 is 0 Å². The zero-order chi connectivity index (χ0) is 14.9. The molecule has 1 N–H and O–H groups in total. The van der Waals surface area contributed by atoms with Crippen LogP contribution in [-0.4, -0.2) is 33.7 Å². The van der Waals surface area contributed by atoms with Crippen LogP contribution in [0.15, 0.2) is 5.38 Å². The van der Waals surface area contributed by atoms with E-state index in [0.29, 0.717) is 17.8 Å². The second-order valence-electron chi connectivity index (χ2n) is 6.53. The van der Waals surface area contributed by atoms with Crippen molar-refractivity contribution in [1.82, 2.24) is 9.88 Å². The van der Waals surface area contributed by atoms with E-state index in [1.165, 1.54) is 24.3 Å². The van der Waals surface area contributed by atoms with Crippen molar-refractivity contribution in [3.63, 3.8) is 0 Å². The third kappa shape index (κ3) is 3.14. The fraction of sp³-hybridized carbons (Fsp3) is 0.812. The van der Waals surface area contributed by atoms with Crippen LogP contribution in [0.3, 0.4) is 0 Å². The van der Waals surface area contributed by atoms with Gasteiger partial charge in [-0.05, 0) is 25.7 Å². The molecule has 1 aromatic heterocycles. The van der Waals surface area contributed by atoms with Crippen molar-refractivity contribution in [2.45, 2.75) is 63.0 Å². The number of hydrogen-bond donors (Lipinski definition) is 1. The Labute approximate surface area is 136 Å². The molecule has 5 heteroatoms. The average molecular weight is 329 g/mol. The number of aliphatic hydroxyl groups is 1. The molecular weight excluding hydrogens is 304 g/mol. The molecule has 0 spiro atoms. The van der Waals surface area contributed by atoms with E-state index in [1.807, 2.05) is 0 Å². The highest BCUT2D eigenvalue weighted by atomic mass is 35.5. The third-order valence-electron chi connectivity index (χ3n) is 5.28. The maximum Gasteiger partial charge on any atom is 0.110 e. The van der Waals surface area contributed by atoms with Crippen LogP contribution < -0.4 is 0 Å². The summed E-state index contributed by atoms with van der Waals surface area (Å²) in [4.78, 5) is 7.22. The summed E-state index contributed by atoms with van der Waals surface area (Å²) in [5.41, 5.74) is 0.596. The minimum atomic E-state index is -0.392. The number of alkyl halides is 1. The lowest BCUT2D eigenvalue weighted by atomic mass is 9.71. The highest BCUT2D eigenvalue weighted by Gasteiger charge is 2.44. The molecular formula is C16H25ClN2OS. The van der Waals surface area contributed by atoms with Gasteiger partial charge in [-0.3, -0.25) is 4.90 Å². The Balaban J connectivity index is 1.73. The van der Waals surface area contributed by atoms with Crippen molar-refractivity contribution in [2.75, 3.05) is 13.1 Å². The predicted octanol–water partition coefficient (Wildman–Crippen LogP) is 3.96. The monoisotopic (exact) mass is 328 g/mol. The van der Waals surface area contributed by atoms with E-state index in [-0.39, 0.29) is 0 Å². The van der Waals surface area contributed by atoms with Crippen LogP contribution in [-0.2, 0) is 5.88 Å². The van der Waals surface area contributed by atoms with E-state index in [4.69, 9.17) is 11.6 Å². The normalized spacial score (nSPS) is 31.9. The highest BCUT2D eigenvalue weighted by Crippen LogP contribution is 2.42. The van der Waals surface area contributed by atoms with E-state index in [1.54, 1.807) is 11.3 Å². The van der Waals surface area contributed by atoms with Gasteiger partial charge in [0.05, 0.1) is 23.2 Å². The van der Waals surface area contributed by atoms with Gasteiger partial charge in [0, 0.05) is 24.4 Å². The molecule has 1 saturated carbocycles. The molecule has 118 valence electrons. The Morgan fingerprint density at radius 2 is 2.38 bits per heavy atom. The molecule has 0 aromatic carbocycles. The number of aromatic nitrogens is 1. The van der Waals surface area contributed by atoms with Gasteiger partial charge < -0.3 is 5.11 Å². The number of rotatable bonds is 4. The van der Waals surface area contributed by atoms with Crippen LogP contribution >= 0.6 is 22.9 Å². The molecule has 1 aliphatic carbocycles. The van der Waals surface area contributed by atoms with Crippen molar-refractivity contribution >= 4 is 22.9 Å². The van der Waals surface area contributed by atoms with Crippen molar-refractivity contribution in [3.8, 4) is 0 Å². The standard InChI is InChI=1S/C16H25ClN2OS/c1-2-14(15-18-13(9-17)11-21-15)19-8-7-16(20)6-4-3-5-12(16)10-19/h11-12,14,20H,2-10H2,1H3. The van der Waals surface area contributed by atoms with Gasteiger partial charge in [0.15, 0.2) is 0 Å². The van der Waals surface area contributed by atoms with Crippen LogP contribution in [0.4, 0.5) is 0 Å². The van der Waals surface area contributed by atoms with Crippen LogP contribution in [0.25, 0.3) is 0 Å². The number of halogens is 1. The van der Waals surface area contributed by atoms with E-state index < -0.39 is 5.60 Å². The maximum absolute atomic E-state index is 10.8. The lowest BCUT2D eigenvalue weighted by Gasteiger charge is -2.49. The Kier molecular flexibility index (Phi) is 4.89. The smallest absolute Gasteiger partial charge is 0.110 e. The fourth-order valence-corrected chi connectivity index (χ4v) is 5.27. The second-order valence-corrected chi connectivity index (χ2v) is 7.68. The van der Waals surface area contributed by atoms with E-state index in [9.17, 15) is 5.11 Å². The molecule has 2 fully saturated rings. The van der Waals surface area contributed by atoms with Gasteiger partial charge in [-0.15, -0.1) is 22.9 Å². The summed E-state index contributed by atoms with van der Waals surface area (Å²) in [7, 11) is 0. The Hall–Kier alpha value is -0.160. The summed E-state index contributed by atoms with van der Waals surface area (Å²) in [6.07, 6.45) is 6.62. The van der Waals surface area contributed by atoms with E-state index >= 15 is 0 Å². The molecule has 2 aliphatic rings. The van der Waals surface area contributed by atoms with Crippen molar-refractivity contribution < 1.29 is 5.11 Å². The van der Waals surface area contributed by atoms with Crippen molar-refractivity contribution in [3.05, 3.63) is 16.1 Å². The Bertz CT molecular complexity index is 481. The van der Waals surface area contributed by atoms with Gasteiger partial charge in [0.1, 0.15) is 5.01 Å². The molecule has 0 amide bonds. The number of likely N-dealkylation sites (tertiary alicyclic amines) is 1. The number of fused-ring (bicyclic) bond motifs is 1. The minimum Gasteiger partial charge on any atom is -0.390 e. The van der Waals surface area contributed by atoms with Gasteiger partial charge in [-0.25, -0.2) is 4.98 Å². The first-order chi connectivity index (χ1) is 10.2. The summed E-state index contributed by atoms with van der Waals surface area (Å²) < 4.78 is 0.